The minimum absolute atomic E-state index is 0.0366. The highest BCUT2D eigenvalue weighted by atomic mass is 31.2. The summed E-state index contributed by atoms with van der Waals surface area (Å²) in [4.78, 5) is 0. The first-order chi connectivity index (χ1) is 11.8. The Balaban J connectivity index is 5.27. The Kier molecular flexibility index (Phi) is 11.9. The van der Waals surface area contributed by atoms with Crippen molar-refractivity contribution in [1.82, 2.24) is 0 Å². The van der Waals surface area contributed by atoms with Crippen molar-refractivity contribution in [2.45, 2.75) is 53.4 Å². The van der Waals surface area contributed by atoms with Gasteiger partial charge in [0.25, 0.3) is 0 Å². The lowest BCUT2D eigenvalue weighted by molar-refractivity contribution is 0.669. The van der Waals surface area contributed by atoms with Gasteiger partial charge in [-0.25, -0.2) is 0 Å². The zero-order chi connectivity index (χ0) is 19.3. The van der Waals surface area contributed by atoms with Gasteiger partial charge in [0.1, 0.15) is 0 Å². The summed E-state index contributed by atoms with van der Waals surface area (Å²) in [5.74, 6) is 0.146. The summed E-state index contributed by atoms with van der Waals surface area (Å²) in [5, 5.41) is 36.5. The summed E-state index contributed by atoms with van der Waals surface area (Å²) in [6, 6.07) is 9.31. The van der Waals surface area contributed by atoms with Crippen LogP contribution < -0.4 is 0 Å². The van der Waals surface area contributed by atoms with Gasteiger partial charge in [-0.2, -0.15) is 21.0 Å². The van der Waals surface area contributed by atoms with Crippen molar-refractivity contribution in [3.8, 4) is 24.3 Å². The third kappa shape index (κ3) is 10.1. The molecule has 5 heteroatoms. The maximum Gasteiger partial charge on any atom is 0.0654 e. The fourth-order valence-electron chi connectivity index (χ4n) is 2.80. The van der Waals surface area contributed by atoms with E-state index in [4.69, 9.17) is 21.0 Å². The first-order valence-electron chi connectivity index (χ1n) is 9.26. The van der Waals surface area contributed by atoms with E-state index >= 15 is 0 Å². The van der Waals surface area contributed by atoms with Crippen LogP contribution >= 0.6 is 7.26 Å². The quantitative estimate of drug-likeness (QED) is 0.447. The van der Waals surface area contributed by atoms with Gasteiger partial charge in [-0.05, 0) is 53.4 Å². The predicted octanol–water partition coefficient (Wildman–Crippen LogP) is 5.20. The molecule has 0 rings (SSSR count). The lowest BCUT2D eigenvalue weighted by atomic mass is 10.1. The molecule has 0 bridgehead atoms. The van der Waals surface area contributed by atoms with E-state index < -0.39 is 7.26 Å². The molecule has 4 atom stereocenters. The van der Waals surface area contributed by atoms with Crippen LogP contribution in [0, 0.1) is 69.0 Å². The van der Waals surface area contributed by atoms with Crippen molar-refractivity contribution in [2.75, 3.05) is 24.6 Å². The standard InChI is InChI=1S/C20H32N4P/c1-17(13-21)5-9-25(10-6-18(2)14-22,11-7-19(3)15-23)12-8-20(4)16-24/h17-20H,5-12H2,1-4H3/q+1. The van der Waals surface area contributed by atoms with Gasteiger partial charge in [0.2, 0.25) is 0 Å². The number of rotatable bonds is 12. The molecule has 0 aliphatic rings. The topological polar surface area (TPSA) is 95.2 Å². The Hall–Kier alpha value is -1.61. The van der Waals surface area contributed by atoms with Crippen LogP contribution in [0.1, 0.15) is 53.4 Å². The first kappa shape index (κ1) is 23.4. The second-order valence-corrected chi connectivity index (χ2v) is 12.0. The van der Waals surface area contributed by atoms with Crippen molar-refractivity contribution in [3.63, 3.8) is 0 Å². The number of hydrogen-bond donors (Lipinski definition) is 0. The molecule has 25 heavy (non-hydrogen) atoms. The maximum absolute atomic E-state index is 9.13. The van der Waals surface area contributed by atoms with Crippen LogP contribution in [0.5, 0.6) is 0 Å². The molecule has 0 aromatic heterocycles. The van der Waals surface area contributed by atoms with E-state index in [-0.39, 0.29) is 23.7 Å². The van der Waals surface area contributed by atoms with Crippen molar-refractivity contribution in [1.29, 1.82) is 21.0 Å². The van der Waals surface area contributed by atoms with Crippen LogP contribution in [0.2, 0.25) is 0 Å². The molecule has 0 saturated carbocycles. The Morgan fingerprint density at radius 3 is 0.880 bits per heavy atom. The highest BCUT2D eigenvalue weighted by Crippen LogP contribution is 2.62. The molecule has 4 nitrogen and oxygen atoms in total. The van der Waals surface area contributed by atoms with Gasteiger partial charge in [0, 0.05) is 30.9 Å². The average Bonchev–Trinajstić information content (AvgIpc) is 2.65. The van der Waals surface area contributed by atoms with Gasteiger partial charge in [-0.3, -0.25) is 0 Å². The lowest BCUT2D eigenvalue weighted by Crippen LogP contribution is -2.18. The molecule has 0 aliphatic heterocycles. The molecule has 136 valence electrons. The molecule has 0 spiro atoms. The van der Waals surface area contributed by atoms with E-state index in [9.17, 15) is 0 Å². The molecular formula is C20H32N4P+. The Morgan fingerprint density at radius 2 is 0.720 bits per heavy atom. The number of nitrogens with zero attached hydrogens (tertiary/aromatic N) is 4. The highest BCUT2D eigenvalue weighted by molar-refractivity contribution is 7.75. The molecule has 0 aliphatic carbocycles. The van der Waals surface area contributed by atoms with E-state index in [1.54, 1.807) is 0 Å². The Morgan fingerprint density at radius 1 is 0.520 bits per heavy atom. The minimum atomic E-state index is -1.37. The molecule has 0 aromatic carbocycles. The van der Waals surface area contributed by atoms with Crippen molar-refractivity contribution in [3.05, 3.63) is 0 Å². The molecule has 0 saturated heterocycles. The van der Waals surface area contributed by atoms with E-state index in [2.05, 4.69) is 24.3 Å². The molecule has 0 aromatic rings. The fraction of sp³-hybridized carbons (Fsp3) is 0.800. The second kappa shape index (κ2) is 12.7. The van der Waals surface area contributed by atoms with Gasteiger partial charge in [-0.1, -0.05) is 0 Å². The van der Waals surface area contributed by atoms with E-state index in [1.165, 1.54) is 0 Å². The number of hydrogen-bond acceptors (Lipinski definition) is 4. The summed E-state index contributed by atoms with van der Waals surface area (Å²) in [7, 11) is -1.37. The van der Waals surface area contributed by atoms with Crippen LogP contribution in [0.25, 0.3) is 0 Å². The van der Waals surface area contributed by atoms with Crippen molar-refractivity contribution >= 4 is 7.26 Å². The zero-order valence-corrected chi connectivity index (χ0v) is 17.1. The first-order valence-corrected chi connectivity index (χ1v) is 11.8. The Labute approximate surface area is 154 Å². The minimum Gasteiger partial charge on any atom is -0.198 e. The monoisotopic (exact) mass is 359 g/mol. The highest BCUT2D eigenvalue weighted by Gasteiger charge is 2.37. The second-order valence-electron chi connectivity index (χ2n) is 7.51. The molecule has 4 unspecified atom stereocenters. The fourth-order valence-corrected chi connectivity index (χ4v) is 7.88. The normalized spacial score (nSPS) is 17.6. The van der Waals surface area contributed by atoms with Crippen LogP contribution in [-0.2, 0) is 0 Å². The smallest absolute Gasteiger partial charge is 0.0654 e. The largest absolute Gasteiger partial charge is 0.198 e. The van der Waals surface area contributed by atoms with Gasteiger partial charge < -0.3 is 0 Å². The summed E-state index contributed by atoms with van der Waals surface area (Å²) >= 11 is 0. The number of nitriles is 4. The average molecular weight is 359 g/mol. The van der Waals surface area contributed by atoms with Crippen molar-refractivity contribution in [2.24, 2.45) is 23.7 Å². The third-order valence-electron chi connectivity index (χ3n) is 5.03. The summed E-state index contributed by atoms with van der Waals surface area (Å²) in [6.45, 7) is 7.84. The van der Waals surface area contributed by atoms with Gasteiger partial charge in [0.05, 0.1) is 48.9 Å². The molecule has 0 heterocycles. The summed E-state index contributed by atoms with van der Waals surface area (Å²) in [5.41, 5.74) is 0. The van der Waals surface area contributed by atoms with E-state index in [0.717, 1.165) is 50.3 Å². The molecule has 0 amide bonds. The maximum atomic E-state index is 9.13. The molecular weight excluding hydrogens is 327 g/mol. The SMILES string of the molecule is CC(C#N)CC[P+](CCC(C)C#N)(CCC(C)C#N)CCC(C)C#N. The van der Waals surface area contributed by atoms with Gasteiger partial charge >= 0.3 is 0 Å². The van der Waals surface area contributed by atoms with Crippen LogP contribution in [0.4, 0.5) is 0 Å². The summed E-state index contributed by atoms with van der Waals surface area (Å²) in [6.07, 6.45) is 7.68. The zero-order valence-electron chi connectivity index (χ0n) is 16.2. The molecule has 0 N–H and O–H groups in total. The van der Waals surface area contributed by atoms with Crippen LogP contribution in [0.3, 0.4) is 0 Å². The lowest BCUT2D eigenvalue weighted by Gasteiger charge is -2.29. The van der Waals surface area contributed by atoms with Gasteiger partial charge in [-0.15, -0.1) is 0 Å². The van der Waals surface area contributed by atoms with Crippen LogP contribution in [0.15, 0.2) is 0 Å². The van der Waals surface area contributed by atoms with E-state index in [0.29, 0.717) is 0 Å². The third-order valence-corrected chi connectivity index (χ3v) is 9.85. The van der Waals surface area contributed by atoms with Crippen molar-refractivity contribution < 1.29 is 0 Å². The van der Waals surface area contributed by atoms with Gasteiger partial charge in [0.15, 0.2) is 0 Å². The van der Waals surface area contributed by atoms with Crippen LogP contribution in [-0.4, -0.2) is 24.6 Å². The van der Waals surface area contributed by atoms with E-state index in [1.807, 2.05) is 27.7 Å². The molecule has 0 radical (unpaired) electrons. The molecule has 0 fully saturated rings. The Bertz CT molecular complexity index is 444. The predicted molar refractivity (Wildman–Crippen MR) is 104 cm³/mol. The summed E-state index contributed by atoms with van der Waals surface area (Å²) < 4.78 is 0.